The number of hydrogen-bond acceptors (Lipinski definition) is 5. The Labute approximate surface area is 166 Å². The molecule has 0 unspecified atom stereocenters. The van der Waals surface area contributed by atoms with Gasteiger partial charge in [0.05, 0.1) is 29.9 Å². The number of aromatic amines is 1. The fourth-order valence-corrected chi connectivity index (χ4v) is 3.68. The van der Waals surface area contributed by atoms with Gasteiger partial charge >= 0.3 is 0 Å². The van der Waals surface area contributed by atoms with E-state index in [2.05, 4.69) is 37.6 Å². The number of nitrogens with one attached hydrogen (secondary N) is 2. The quantitative estimate of drug-likeness (QED) is 0.472. The molecule has 2 aromatic carbocycles. The summed E-state index contributed by atoms with van der Waals surface area (Å²) >= 11 is 1.38. The molecule has 0 aliphatic rings. The van der Waals surface area contributed by atoms with Crippen molar-refractivity contribution in [2.75, 3.05) is 5.75 Å². The third kappa shape index (κ3) is 4.23. The lowest BCUT2D eigenvalue weighted by Gasteiger charge is -2.08. The molecule has 0 aliphatic heterocycles. The number of aryl methyl sites for hydroxylation is 1. The smallest absolute Gasteiger partial charge is 0.230 e. The molecule has 8 heteroatoms. The molecule has 142 valence electrons. The molecule has 7 nitrogen and oxygen atoms in total. The van der Waals surface area contributed by atoms with Crippen molar-refractivity contribution in [3.8, 4) is 0 Å². The second-order valence-electron chi connectivity index (χ2n) is 6.37. The summed E-state index contributed by atoms with van der Waals surface area (Å²) in [6, 6.07) is 17.9. The highest BCUT2D eigenvalue weighted by molar-refractivity contribution is 7.99. The average molecular weight is 392 g/mol. The Hall–Kier alpha value is -3.13. The molecule has 2 N–H and O–H groups in total. The third-order valence-electron chi connectivity index (χ3n) is 4.31. The van der Waals surface area contributed by atoms with E-state index >= 15 is 0 Å². The molecule has 1 amide bonds. The first-order chi connectivity index (χ1) is 13.7. The van der Waals surface area contributed by atoms with E-state index in [1.807, 2.05) is 54.0 Å². The minimum atomic E-state index is -0.0719. The van der Waals surface area contributed by atoms with Crippen LogP contribution in [-0.4, -0.2) is 36.4 Å². The van der Waals surface area contributed by atoms with Crippen molar-refractivity contribution >= 4 is 28.7 Å². The first-order valence-electron chi connectivity index (χ1n) is 8.96. The lowest BCUT2D eigenvalue weighted by molar-refractivity contribution is -0.118. The Kier molecular flexibility index (Phi) is 5.38. The van der Waals surface area contributed by atoms with E-state index in [0.717, 1.165) is 27.8 Å². The van der Waals surface area contributed by atoms with E-state index in [1.165, 1.54) is 17.3 Å². The van der Waals surface area contributed by atoms with E-state index in [9.17, 15) is 4.79 Å². The molecule has 0 atom stereocenters. The number of aromatic nitrogens is 5. The highest BCUT2D eigenvalue weighted by Gasteiger charge is 2.12. The number of H-pyrrole nitrogens is 1. The molecule has 0 saturated heterocycles. The summed E-state index contributed by atoms with van der Waals surface area (Å²) in [5.74, 6) is 1.77. The number of benzene rings is 2. The normalized spacial score (nSPS) is 11.0. The van der Waals surface area contributed by atoms with Crippen LogP contribution in [0.25, 0.3) is 11.0 Å². The first kappa shape index (κ1) is 18.2. The number of hydrogen-bond donors (Lipinski definition) is 2. The van der Waals surface area contributed by atoms with Crippen molar-refractivity contribution in [3.63, 3.8) is 0 Å². The first-order valence-corrected chi connectivity index (χ1v) is 9.94. The summed E-state index contributed by atoms with van der Waals surface area (Å²) in [4.78, 5) is 19.9. The van der Waals surface area contributed by atoms with Gasteiger partial charge in [-0.2, -0.15) is 0 Å². The predicted molar refractivity (Wildman–Crippen MR) is 109 cm³/mol. The van der Waals surface area contributed by atoms with Crippen LogP contribution >= 0.6 is 11.8 Å². The number of amides is 1. The van der Waals surface area contributed by atoms with Crippen molar-refractivity contribution in [1.29, 1.82) is 0 Å². The topological polar surface area (TPSA) is 88.5 Å². The molecule has 0 saturated carbocycles. The highest BCUT2D eigenvalue weighted by atomic mass is 32.2. The molecule has 2 heterocycles. The van der Waals surface area contributed by atoms with E-state index in [-0.39, 0.29) is 11.7 Å². The lowest BCUT2D eigenvalue weighted by atomic mass is 10.2. The molecule has 4 rings (SSSR count). The van der Waals surface area contributed by atoms with Gasteiger partial charge in [-0.15, -0.1) is 10.2 Å². The van der Waals surface area contributed by atoms with Crippen LogP contribution in [0.15, 0.2) is 59.8 Å². The Balaban J connectivity index is 1.33. The van der Waals surface area contributed by atoms with Gasteiger partial charge in [-0.1, -0.05) is 54.2 Å². The van der Waals surface area contributed by atoms with Crippen LogP contribution < -0.4 is 5.32 Å². The number of carbonyl (C=O) groups excluding carboxylic acids is 1. The molecule has 2 aromatic heterocycles. The minimum Gasteiger partial charge on any atom is -0.348 e. The minimum absolute atomic E-state index is 0.0719. The van der Waals surface area contributed by atoms with E-state index in [0.29, 0.717) is 13.1 Å². The maximum atomic E-state index is 12.3. The zero-order valence-electron chi connectivity index (χ0n) is 15.4. The molecule has 0 aliphatic carbocycles. The van der Waals surface area contributed by atoms with Crippen molar-refractivity contribution < 1.29 is 4.79 Å². The van der Waals surface area contributed by atoms with Crippen molar-refractivity contribution in [2.45, 2.75) is 25.2 Å². The average Bonchev–Trinajstić information content (AvgIpc) is 3.29. The number of imidazole rings is 1. The van der Waals surface area contributed by atoms with E-state index in [1.54, 1.807) is 0 Å². The van der Waals surface area contributed by atoms with Gasteiger partial charge in [0.2, 0.25) is 5.91 Å². The number of thioether (sulfide) groups is 1. The molecule has 0 bridgehead atoms. The zero-order chi connectivity index (χ0) is 19.3. The summed E-state index contributed by atoms with van der Waals surface area (Å²) in [5.41, 5.74) is 3.03. The number of para-hydroxylation sites is 2. The highest BCUT2D eigenvalue weighted by Crippen LogP contribution is 2.18. The SMILES string of the molecule is Cc1nnc(SCC(=O)NCc2nc3ccccc3[nH]2)n1Cc1ccccc1. The fraction of sp³-hybridized carbons (Fsp3) is 0.200. The van der Waals surface area contributed by atoms with Crippen LogP contribution in [0.5, 0.6) is 0 Å². The predicted octanol–water partition coefficient (Wildman–Crippen LogP) is 2.92. The van der Waals surface area contributed by atoms with Crippen molar-refractivity contribution in [2.24, 2.45) is 0 Å². The van der Waals surface area contributed by atoms with Crippen LogP contribution in [0.4, 0.5) is 0 Å². The summed E-state index contributed by atoms with van der Waals surface area (Å²) in [7, 11) is 0. The van der Waals surface area contributed by atoms with Crippen molar-refractivity contribution in [3.05, 3.63) is 71.8 Å². The van der Waals surface area contributed by atoms with Crippen LogP contribution in [-0.2, 0) is 17.9 Å². The zero-order valence-corrected chi connectivity index (χ0v) is 16.2. The lowest BCUT2D eigenvalue weighted by Crippen LogP contribution is -2.25. The second-order valence-corrected chi connectivity index (χ2v) is 7.31. The van der Waals surface area contributed by atoms with Gasteiger partial charge in [-0.05, 0) is 24.6 Å². The molecule has 28 heavy (non-hydrogen) atoms. The molecule has 0 fully saturated rings. The van der Waals surface area contributed by atoms with Crippen LogP contribution in [0.3, 0.4) is 0 Å². The van der Waals surface area contributed by atoms with Gasteiger partial charge in [-0.3, -0.25) is 4.79 Å². The third-order valence-corrected chi connectivity index (χ3v) is 5.28. The van der Waals surface area contributed by atoms with Gasteiger partial charge in [0.15, 0.2) is 5.16 Å². The second kappa shape index (κ2) is 8.26. The van der Waals surface area contributed by atoms with Gasteiger partial charge in [-0.25, -0.2) is 4.98 Å². The summed E-state index contributed by atoms with van der Waals surface area (Å²) in [6.07, 6.45) is 0. The summed E-state index contributed by atoms with van der Waals surface area (Å²) in [6.45, 7) is 2.97. The van der Waals surface area contributed by atoms with Crippen molar-refractivity contribution in [1.82, 2.24) is 30.0 Å². The van der Waals surface area contributed by atoms with E-state index in [4.69, 9.17) is 0 Å². The van der Waals surface area contributed by atoms with Gasteiger partial charge in [0.1, 0.15) is 11.6 Å². The monoisotopic (exact) mass is 392 g/mol. The molecule has 0 spiro atoms. The Morgan fingerprint density at radius 3 is 2.71 bits per heavy atom. The van der Waals surface area contributed by atoms with Crippen LogP contribution in [0, 0.1) is 6.92 Å². The van der Waals surface area contributed by atoms with E-state index < -0.39 is 0 Å². The van der Waals surface area contributed by atoms with Gasteiger partial charge < -0.3 is 14.9 Å². The Morgan fingerprint density at radius 2 is 1.89 bits per heavy atom. The standard InChI is InChI=1S/C20H20N6OS/c1-14-24-25-20(26(14)12-15-7-3-2-4-8-15)28-13-19(27)21-11-18-22-16-9-5-6-10-17(16)23-18/h2-10H,11-13H2,1H3,(H,21,27)(H,22,23). The molecular weight excluding hydrogens is 372 g/mol. The molecular formula is C20H20N6OS. The van der Waals surface area contributed by atoms with Crippen LogP contribution in [0.2, 0.25) is 0 Å². The maximum absolute atomic E-state index is 12.3. The summed E-state index contributed by atoms with van der Waals surface area (Å²) < 4.78 is 2.02. The number of rotatable bonds is 7. The van der Waals surface area contributed by atoms with Crippen LogP contribution in [0.1, 0.15) is 17.2 Å². The number of carbonyl (C=O) groups is 1. The van der Waals surface area contributed by atoms with Gasteiger partial charge in [0, 0.05) is 0 Å². The fourth-order valence-electron chi connectivity index (χ4n) is 2.87. The molecule has 4 aromatic rings. The largest absolute Gasteiger partial charge is 0.348 e. The van der Waals surface area contributed by atoms with Gasteiger partial charge in [0.25, 0.3) is 0 Å². The molecule has 0 radical (unpaired) electrons. The number of fused-ring (bicyclic) bond motifs is 1. The Morgan fingerprint density at radius 1 is 1.11 bits per heavy atom. The Bertz CT molecular complexity index is 1060. The number of nitrogens with zero attached hydrogens (tertiary/aromatic N) is 4. The summed E-state index contributed by atoms with van der Waals surface area (Å²) in [5, 5.41) is 12.0. The maximum Gasteiger partial charge on any atom is 0.230 e.